The monoisotopic (exact) mass is 295 g/mol. The number of aliphatic hydroxyl groups is 1. The van der Waals surface area contributed by atoms with Gasteiger partial charge in [0, 0.05) is 12.8 Å². The molecule has 1 rings (SSSR count). The first-order chi connectivity index (χ1) is 9.81. The van der Waals surface area contributed by atoms with Crippen molar-refractivity contribution in [2.24, 2.45) is 0 Å². The zero-order chi connectivity index (χ0) is 15.9. The molecule has 0 bridgehead atoms. The number of anilines is 1. The lowest BCUT2D eigenvalue weighted by Crippen LogP contribution is -2.46. The number of ether oxygens (including phenoxy) is 1. The Morgan fingerprint density at radius 2 is 2.10 bits per heavy atom. The zero-order valence-corrected chi connectivity index (χ0v) is 12.4. The van der Waals surface area contributed by atoms with E-state index < -0.39 is 23.6 Å². The van der Waals surface area contributed by atoms with Crippen LogP contribution in [0.15, 0.2) is 24.4 Å². The highest BCUT2D eigenvalue weighted by atomic mass is 16.6. The Balaban J connectivity index is 2.63. The predicted molar refractivity (Wildman–Crippen MR) is 77.7 cm³/mol. The summed E-state index contributed by atoms with van der Waals surface area (Å²) in [5.41, 5.74) is -0.661. The molecular weight excluding hydrogens is 274 g/mol. The molecule has 0 aliphatic carbocycles. The van der Waals surface area contributed by atoms with Gasteiger partial charge in [-0.3, -0.25) is 4.79 Å². The number of aromatic nitrogens is 1. The van der Waals surface area contributed by atoms with Crippen LogP contribution in [0.5, 0.6) is 0 Å². The number of carbonyl (C=O) groups is 2. The van der Waals surface area contributed by atoms with Gasteiger partial charge >= 0.3 is 6.09 Å². The minimum absolute atomic E-state index is 0.0813. The molecule has 0 aliphatic rings. The van der Waals surface area contributed by atoms with Crippen molar-refractivity contribution in [2.45, 2.75) is 38.8 Å². The number of aliphatic hydroxyl groups excluding tert-OH is 1. The van der Waals surface area contributed by atoms with Crippen LogP contribution in [-0.2, 0) is 9.53 Å². The summed E-state index contributed by atoms with van der Waals surface area (Å²) in [6.07, 6.45) is 0.910. The first-order valence-corrected chi connectivity index (χ1v) is 6.64. The number of hydrogen-bond donors (Lipinski definition) is 3. The standard InChI is InChI=1S/C14H21N3O4/c1-14(2,3)21-13(20)16-10(7-9-18)12(19)17-11-6-4-5-8-15-11/h4-6,8,10,18H,7,9H2,1-3H3,(H,16,20)(H,15,17,19)/t10-/m0/s1. The molecule has 21 heavy (non-hydrogen) atoms. The molecule has 0 aromatic carbocycles. The number of hydrogen-bond acceptors (Lipinski definition) is 5. The number of rotatable bonds is 5. The lowest BCUT2D eigenvalue weighted by Gasteiger charge is -2.22. The minimum Gasteiger partial charge on any atom is -0.444 e. The van der Waals surface area contributed by atoms with Gasteiger partial charge in [-0.2, -0.15) is 0 Å². The van der Waals surface area contributed by atoms with Crippen molar-refractivity contribution < 1.29 is 19.4 Å². The van der Waals surface area contributed by atoms with Crippen LogP contribution in [0.25, 0.3) is 0 Å². The first kappa shape index (κ1) is 16.9. The Labute approximate surface area is 123 Å². The highest BCUT2D eigenvalue weighted by Crippen LogP contribution is 2.08. The summed E-state index contributed by atoms with van der Waals surface area (Å²) in [5, 5.41) is 14.0. The number of nitrogens with zero attached hydrogens (tertiary/aromatic N) is 1. The molecule has 0 saturated carbocycles. The van der Waals surface area contributed by atoms with Crippen LogP contribution in [0.2, 0.25) is 0 Å². The van der Waals surface area contributed by atoms with Gasteiger partial charge in [-0.25, -0.2) is 9.78 Å². The Kier molecular flexibility index (Phi) is 6.10. The number of pyridine rings is 1. The van der Waals surface area contributed by atoms with E-state index in [0.717, 1.165) is 0 Å². The summed E-state index contributed by atoms with van der Waals surface area (Å²) < 4.78 is 5.09. The van der Waals surface area contributed by atoms with E-state index in [1.54, 1.807) is 39.0 Å². The Hall–Kier alpha value is -2.15. The van der Waals surface area contributed by atoms with Crippen LogP contribution >= 0.6 is 0 Å². The van der Waals surface area contributed by atoms with E-state index in [9.17, 15) is 9.59 Å². The molecule has 3 N–H and O–H groups in total. The SMILES string of the molecule is CC(C)(C)OC(=O)N[C@@H](CCO)C(=O)Nc1ccccn1. The van der Waals surface area contributed by atoms with E-state index >= 15 is 0 Å². The van der Waals surface area contributed by atoms with Crippen molar-refractivity contribution in [2.75, 3.05) is 11.9 Å². The van der Waals surface area contributed by atoms with Gasteiger partial charge in [0.25, 0.3) is 0 Å². The van der Waals surface area contributed by atoms with Gasteiger partial charge in [-0.05, 0) is 39.3 Å². The molecule has 0 spiro atoms. The largest absolute Gasteiger partial charge is 0.444 e. The second-order valence-corrected chi connectivity index (χ2v) is 5.42. The number of nitrogens with one attached hydrogen (secondary N) is 2. The number of alkyl carbamates (subject to hydrolysis) is 1. The van der Waals surface area contributed by atoms with Gasteiger partial charge in [0.1, 0.15) is 17.5 Å². The van der Waals surface area contributed by atoms with Crippen molar-refractivity contribution in [3.05, 3.63) is 24.4 Å². The van der Waals surface area contributed by atoms with Gasteiger partial charge in [0.2, 0.25) is 5.91 Å². The fourth-order valence-corrected chi connectivity index (χ4v) is 1.50. The molecular formula is C14H21N3O4. The fourth-order valence-electron chi connectivity index (χ4n) is 1.50. The van der Waals surface area contributed by atoms with Gasteiger partial charge in [-0.1, -0.05) is 6.07 Å². The van der Waals surface area contributed by atoms with Crippen LogP contribution < -0.4 is 10.6 Å². The van der Waals surface area contributed by atoms with Crippen LogP contribution in [0, 0.1) is 0 Å². The average molecular weight is 295 g/mol. The molecule has 0 aliphatic heterocycles. The molecule has 116 valence electrons. The van der Waals surface area contributed by atoms with Crippen molar-refractivity contribution in [1.29, 1.82) is 0 Å². The molecule has 0 unspecified atom stereocenters. The lowest BCUT2D eigenvalue weighted by atomic mass is 10.2. The third kappa shape index (κ3) is 6.71. The Bertz CT molecular complexity index is 471. The maximum absolute atomic E-state index is 12.1. The highest BCUT2D eigenvalue weighted by molar-refractivity contribution is 5.95. The van der Waals surface area contributed by atoms with E-state index in [1.165, 1.54) is 6.20 Å². The fraction of sp³-hybridized carbons (Fsp3) is 0.500. The lowest BCUT2D eigenvalue weighted by molar-refractivity contribution is -0.118. The molecule has 0 saturated heterocycles. The third-order valence-corrected chi connectivity index (χ3v) is 2.34. The van der Waals surface area contributed by atoms with Crippen molar-refractivity contribution >= 4 is 17.8 Å². The quantitative estimate of drug-likeness (QED) is 0.760. The number of amides is 2. The molecule has 1 aromatic heterocycles. The maximum Gasteiger partial charge on any atom is 0.408 e. The average Bonchev–Trinajstić information content (AvgIpc) is 2.37. The summed E-state index contributed by atoms with van der Waals surface area (Å²) >= 11 is 0. The molecule has 7 nitrogen and oxygen atoms in total. The van der Waals surface area contributed by atoms with Gasteiger partial charge in [0.05, 0.1) is 0 Å². The summed E-state index contributed by atoms with van der Waals surface area (Å²) in [5.74, 6) is -0.0926. The summed E-state index contributed by atoms with van der Waals surface area (Å²) in [6.45, 7) is 4.93. The second-order valence-electron chi connectivity index (χ2n) is 5.42. The second kappa shape index (κ2) is 7.58. The van der Waals surface area contributed by atoms with E-state index in [0.29, 0.717) is 5.82 Å². The van der Waals surface area contributed by atoms with Crippen LogP contribution in [0.1, 0.15) is 27.2 Å². The van der Waals surface area contributed by atoms with Crippen molar-refractivity contribution in [3.8, 4) is 0 Å². The molecule has 1 atom stereocenters. The molecule has 0 radical (unpaired) electrons. The van der Waals surface area contributed by atoms with E-state index in [1.807, 2.05) is 0 Å². The summed E-state index contributed by atoms with van der Waals surface area (Å²) in [4.78, 5) is 27.7. The van der Waals surface area contributed by atoms with Gasteiger partial charge in [-0.15, -0.1) is 0 Å². The Morgan fingerprint density at radius 1 is 1.38 bits per heavy atom. The van der Waals surface area contributed by atoms with Crippen molar-refractivity contribution in [1.82, 2.24) is 10.3 Å². The van der Waals surface area contributed by atoms with Crippen LogP contribution in [0.3, 0.4) is 0 Å². The molecule has 0 fully saturated rings. The Morgan fingerprint density at radius 3 is 2.62 bits per heavy atom. The minimum atomic E-state index is -0.896. The van der Waals surface area contributed by atoms with Gasteiger partial charge < -0.3 is 20.5 Å². The van der Waals surface area contributed by atoms with Crippen LogP contribution in [0.4, 0.5) is 10.6 Å². The van der Waals surface area contributed by atoms with Gasteiger partial charge in [0.15, 0.2) is 0 Å². The van der Waals surface area contributed by atoms with Crippen molar-refractivity contribution in [3.63, 3.8) is 0 Å². The summed E-state index contributed by atoms with van der Waals surface area (Å²) in [7, 11) is 0. The summed E-state index contributed by atoms with van der Waals surface area (Å²) in [6, 6.07) is 4.18. The van der Waals surface area contributed by atoms with E-state index in [2.05, 4.69) is 15.6 Å². The van der Waals surface area contributed by atoms with Crippen LogP contribution in [-0.4, -0.2) is 40.3 Å². The molecule has 2 amide bonds. The van der Waals surface area contributed by atoms with E-state index in [4.69, 9.17) is 9.84 Å². The smallest absolute Gasteiger partial charge is 0.408 e. The zero-order valence-electron chi connectivity index (χ0n) is 12.4. The first-order valence-electron chi connectivity index (χ1n) is 6.64. The third-order valence-electron chi connectivity index (χ3n) is 2.34. The predicted octanol–water partition coefficient (Wildman–Crippen LogP) is 1.30. The molecule has 1 heterocycles. The van der Waals surface area contributed by atoms with E-state index in [-0.39, 0.29) is 13.0 Å². The topological polar surface area (TPSA) is 101 Å². The number of carbonyl (C=O) groups excluding carboxylic acids is 2. The maximum atomic E-state index is 12.1. The molecule has 7 heteroatoms. The molecule has 1 aromatic rings. The highest BCUT2D eigenvalue weighted by Gasteiger charge is 2.24. The normalized spacial score (nSPS) is 12.4.